The molecule has 0 saturated carbocycles. The fourth-order valence-electron chi connectivity index (χ4n) is 2.42. The summed E-state index contributed by atoms with van der Waals surface area (Å²) in [6.45, 7) is 2.22. The Labute approximate surface area is 132 Å². The van der Waals surface area contributed by atoms with Crippen LogP contribution in [-0.2, 0) is 0 Å². The molecule has 0 amide bonds. The van der Waals surface area contributed by atoms with Crippen molar-refractivity contribution in [1.29, 1.82) is 0 Å². The molecular weight excluding hydrogens is 321 g/mol. The monoisotopic (exact) mass is 341 g/mol. The van der Waals surface area contributed by atoms with Gasteiger partial charge < -0.3 is 0 Å². The van der Waals surface area contributed by atoms with Gasteiger partial charge in [0, 0.05) is 0 Å². The molecule has 0 aliphatic carbocycles. The summed E-state index contributed by atoms with van der Waals surface area (Å²) in [5, 5.41) is 2.74. The van der Waals surface area contributed by atoms with Gasteiger partial charge in [-0.3, -0.25) is 0 Å². The molecule has 0 fully saturated rings. The van der Waals surface area contributed by atoms with Crippen LogP contribution in [0.15, 0.2) is 60.7 Å². The number of aryl methyl sites for hydroxylation is 1. The van der Waals surface area contributed by atoms with E-state index in [4.69, 9.17) is 0 Å². The Morgan fingerprint density at radius 1 is 0.810 bits per heavy atom. The van der Waals surface area contributed by atoms with E-state index in [1.165, 1.54) is 30.9 Å². The minimum atomic E-state index is 0.343. The maximum atomic E-state index is 2.26. The van der Waals surface area contributed by atoms with Gasteiger partial charge >= 0.3 is 132 Å². The number of nitrogens with zero attached hydrogens (tertiary/aromatic N) is 1. The van der Waals surface area contributed by atoms with Gasteiger partial charge in [-0.05, 0) is 0 Å². The number of anilines is 1. The summed E-state index contributed by atoms with van der Waals surface area (Å²) < 4.78 is 2.92. The van der Waals surface area contributed by atoms with Gasteiger partial charge in [-0.15, -0.1) is 0 Å². The molecule has 0 aliphatic heterocycles. The molecule has 0 N–H and O–H groups in total. The molecule has 0 bridgehead atoms. The molecule has 3 rings (SSSR count). The first kappa shape index (κ1) is 14.2. The average Bonchev–Trinajstić information content (AvgIpc) is 2.51. The first-order chi connectivity index (χ1) is 10.1. The topological polar surface area (TPSA) is 3.24 Å². The van der Waals surface area contributed by atoms with Gasteiger partial charge in [-0.1, -0.05) is 0 Å². The standard InChI is InChI=1S/C19H19NSe/c1-14-8-9-15-6-4-5-7-18(15)19(14)21-17-12-10-16(11-13-17)20(2)3/h4-13H,1-3H3. The van der Waals surface area contributed by atoms with E-state index in [9.17, 15) is 0 Å². The summed E-state index contributed by atoms with van der Waals surface area (Å²) in [6.07, 6.45) is 0. The number of hydrogen-bond donors (Lipinski definition) is 0. The molecule has 0 atom stereocenters. The predicted molar refractivity (Wildman–Crippen MR) is 94.5 cm³/mol. The molecule has 106 valence electrons. The van der Waals surface area contributed by atoms with Crippen molar-refractivity contribution in [2.24, 2.45) is 0 Å². The second kappa shape index (κ2) is 5.93. The predicted octanol–water partition coefficient (Wildman–Crippen LogP) is 2.87. The van der Waals surface area contributed by atoms with Crippen molar-refractivity contribution >= 4 is 40.3 Å². The number of rotatable bonds is 3. The zero-order valence-electron chi connectivity index (χ0n) is 12.6. The molecule has 3 aromatic carbocycles. The SMILES string of the molecule is Cc1ccc2ccccc2c1[Se]c1ccc(N(C)C)cc1. The summed E-state index contributed by atoms with van der Waals surface area (Å²) in [5.41, 5.74) is 2.65. The second-order valence-electron chi connectivity index (χ2n) is 5.42. The van der Waals surface area contributed by atoms with Crippen molar-refractivity contribution in [3.05, 3.63) is 66.2 Å². The van der Waals surface area contributed by atoms with Crippen LogP contribution in [0.1, 0.15) is 5.56 Å². The summed E-state index contributed by atoms with van der Waals surface area (Å²) >= 11 is 0.343. The van der Waals surface area contributed by atoms with Gasteiger partial charge in [0.25, 0.3) is 0 Å². The van der Waals surface area contributed by atoms with Crippen LogP contribution in [0, 0.1) is 6.92 Å². The van der Waals surface area contributed by atoms with Crippen molar-refractivity contribution in [2.75, 3.05) is 19.0 Å². The second-order valence-corrected chi connectivity index (χ2v) is 7.70. The van der Waals surface area contributed by atoms with Crippen LogP contribution in [0.25, 0.3) is 10.8 Å². The first-order valence-electron chi connectivity index (χ1n) is 7.09. The van der Waals surface area contributed by atoms with Gasteiger partial charge in [0.2, 0.25) is 0 Å². The Morgan fingerprint density at radius 3 is 2.24 bits per heavy atom. The number of hydrogen-bond acceptors (Lipinski definition) is 1. The summed E-state index contributed by atoms with van der Waals surface area (Å²) in [5.74, 6) is 0. The fraction of sp³-hybridized carbons (Fsp3) is 0.158. The summed E-state index contributed by atoms with van der Waals surface area (Å²) in [4.78, 5) is 2.14. The van der Waals surface area contributed by atoms with E-state index in [-0.39, 0.29) is 0 Å². The van der Waals surface area contributed by atoms with Crippen LogP contribution in [0.3, 0.4) is 0 Å². The van der Waals surface area contributed by atoms with Gasteiger partial charge in [0.05, 0.1) is 0 Å². The van der Waals surface area contributed by atoms with Gasteiger partial charge in [0.1, 0.15) is 0 Å². The normalized spacial score (nSPS) is 10.8. The third-order valence-electron chi connectivity index (χ3n) is 3.65. The molecule has 1 nitrogen and oxygen atoms in total. The van der Waals surface area contributed by atoms with Gasteiger partial charge in [0.15, 0.2) is 0 Å². The van der Waals surface area contributed by atoms with Crippen LogP contribution >= 0.6 is 0 Å². The summed E-state index contributed by atoms with van der Waals surface area (Å²) in [6, 6.07) is 22.1. The van der Waals surface area contributed by atoms with Gasteiger partial charge in [-0.25, -0.2) is 0 Å². The van der Waals surface area contributed by atoms with Crippen molar-refractivity contribution in [2.45, 2.75) is 6.92 Å². The maximum absolute atomic E-state index is 2.26. The number of benzene rings is 3. The molecule has 21 heavy (non-hydrogen) atoms. The molecule has 0 spiro atoms. The molecule has 3 aromatic rings. The third-order valence-corrected chi connectivity index (χ3v) is 6.28. The van der Waals surface area contributed by atoms with Crippen LogP contribution in [0.4, 0.5) is 5.69 Å². The van der Waals surface area contributed by atoms with E-state index in [1.54, 1.807) is 0 Å². The minimum absolute atomic E-state index is 0.343. The molecule has 2 heteroatoms. The first-order valence-corrected chi connectivity index (χ1v) is 8.80. The van der Waals surface area contributed by atoms with E-state index in [1.807, 2.05) is 0 Å². The molecule has 0 aromatic heterocycles. The molecule has 0 radical (unpaired) electrons. The van der Waals surface area contributed by atoms with Crippen molar-refractivity contribution in [3.8, 4) is 0 Å². The fourth-order valence-corrected chi connectivity index (χ4v) is 4.58. The van der Waals surface area contributed by atoms with E-state index in [2.05, 4.69) is 86.6 Å². The molecule has 0 saturated heterocycles. The van der Waals surface area contributed by atoms with Crippen LogP contribution in [-0.4, -0.2) is 29.1 Å². The third kappa shape index (κ3) is 2.97. The zero-order valence-corrected chi connectivity index (χ0v) is 14.3. The molecule has 0 aliphatic rings. The Morgan fingerprint density at radius 2 is 1.52 bits per heavy atom. The van der Waals surface area contributed by atoms with E-state index < -0.39 is 0 Å². The Bertz CT molecular complexity index is 760. The number of fused-ring (bicyclic) bond motifs is 1. The average molecular weight is 340 g/mol. The van der Waals surface area contributed by atoms with E-state index in [0.29, 0.717) is 15.0 Å². The molecule has 0 heterocycles. The molecule has 0 unspecified atom stereocenters. The molecular formula is C19H19NSe. The van der Waals surface area contributed by atoms with Crippen molar-refractivity contribution < 1.29 is 0 Å². The van der Waals surface area contributed by atoms with E-state index in [0.717, 1.165) is 0 Å². The Hall–Kier alpha value is -1.76. The van der Waals surface area contributed by atoms with Crippen molar-refractivity contribution in [3.63, 3.8) is 0 Å². The quantitative estimate of drug-likeness (QED) is 0.663. The van der Waals surface area contributed by atoms with Crippen molar-refractivity contribution in [1.82, 2.24) is 0 Å². The summed E-state index contributed by atoms with van der Waals surface area (Å²) in [7, 11) is 4.16. The zero-order chi connectivity index (χ0) is 14.8. The van der Waals surface area contributed by atoms with Gasteiger partial charge in [-0.2, -0.15) is 0 Å². The van der Waals surface area contributed by atoms with Crippen LogP contribution in [0.2, 0.25) is 0 Å². The Kier molecular flexibility index (Phi) is 4.01. The Balaban J connectivity index is 1.99. The van der Waals surface area contributed by atoms with E-state index >= 15 is 0 Å². The van der Waals surface area contributed by atoms with Crippen LogP contribution in [0.5, 0.6) is 0 Å². The van der Waals surface area contributed by atoms with Crippen LogP contribution < -0.4 is 13.8 Å².